The molecule has 0 saturated carbocycles. The van der Waals surface area contributed by atoms with Crippen molar-refractivity contribution < 1.29 is 57.8 Å². The summed E-state index contributed by atoms with van der Waals surface area (Å²) in [6, 6.07) is 0.956. The normalized spacial score (nSPS) is 22.3. The van der Waals surface area contributed by atoms with E-state index >= 15 is 0 Å². The molecule has 86 heavy (non-hydrogen) atoms. The van der Waals surface area contributed by atoms with Crippen LogP contribution in [-0.2, 0) is 59.2 Å². The van der Waals surface area contributed by atoms with Gasteiger partial charge in [-0.15, -0.1) is 0 Å². The summed E-state index contributed by atoms with van der Waals surface area (Å²) in [5.74, 6) is -11.7. The van der Waals surface area contributed by atoms with Gasteiger partial charge in [0.25, 0.3) is 0 Å². The van der Waals surface area contributed by atoms with Gasteiger partial charge >= 0.3 is 0 Å². The summed E-state index contributed by atoms with van der Waals surface area (Å²) in [4.78, 5) is 156. The fourth-order valence-electron chi connectivity index (χ4n) is 10.6. The number of hydrogen-bond acceptors (Lipinski definition) is 17. The van der Waals surface area contributed by atoms with Crippen molar-refractivity contribution in [1.82, 2.24) is 37.2 Å². The molecule has 486 valence electrons. The molecule has 1 aliphatic heterocycles. The van der Waals surface area contributed by atoms with Crippen LogP contribution in [0, 0.1) is 35.5 Å². The van der Waals surface area contributed by atoms with Gasteiger partial charge in [0.15, 0.2) is 17.3 Å². The largest absolute Gasteiger partial charge is 0.391 e. The fraction of sp³-hybridized carbons (Fsp3) is 0.726. The number of benzene rings is 1. The van der Waals surface area contributed by atoms with E-state index in [0.717, 1.165) is 32.1 Å². The Morgan fingerprint density at radius 1 is 0.581 bits per heavy atom. The average Bonchev–Trinajstić information content (AvgIpc) is 2.83. The van der Waals surface area contributed by atoms with E-state index in [1.807, 2.05) is 27.7 Å². The Hall–Kier alpha value is -6.05. The molecule has 1 aromatic rings. The third-order valence-corrected chi connectivity index (χ3v) is 15.5. The zero-order chi connectivity index (χ0) is 64.3. The van der Waals surface area contributed by atoms with Crippen LogP contribution >= 0.6 is 0 Å². The molecule has 24 heteroatoms. The summed E-state index contributed by atoms with van der Waals surface area (Å²) in [5, 5.41) is 30.0. The summed E-state index contributed by atoms with van der Waals surface area (Å²) in [6.45, 7) is 10.3. The Balaban J connectivity index is 2.69. The van der Waals surface area contributed by atoms with Gasteiger partial charge in [0.1, 0.15) is 30.0 Å². The maximum Gasteiger partial charge on any atom is 0.243 e. The highest BCUT2D eigenvalue weighted by Crippen LogP contribution is 2.21. The fourth-order valence-corrected chi connectivity index (χ4v) is 10.6. The van der Waals surface area contributed by atoms with Crippen LogP contribution in [0.1, 0.15) is 169 Å². The van der Waals surface area contributed by atoms with Crippen LogP contribution in [0.2, 0.25) is 0 Å². The molecule has 0 radical (unpaired) electrons. The van der Waals surface area contributed by atoms with Gasteiger partial charge in [-0.05, 0) is 121 Å². The zero-order valence-corrected chi connectivity index (χ0v) is 52.1. The molecule has 1 fully saturated rings. The van der Waals surface area contributed by atoms with Crippen molar-refractivity contribution >= 4 is 64.5 Å². The predicted molar refractivity (Wildman–Crippen MR) is 329 cm³/mol. The lowest BCUT2D eigenvalue weighted by molar-refractivity contribution is -0.137. The number of hydrogen-bond donors (Lipinski definition) is 13. The lowest BCUT2D eigenvalue weighted by Gasteiger charge is -2.28. The highest BCUT2D eigenvalue weighted by atomic mass is 16.3. The first kappa shape index (κ1) is 76.0. The summed E-state index contributed by atoms with van der Waals surface area (Å²) in [5.41, 5.74) is 30.5. The second-order valence-electron chi connectivity index (χ2n) is 24.0. The van der Waals surface area contributed by atoms with Gasteiger partial charge in [-0.1, -0.05) is 97.1 Å². The van der Waals surface area contributed by atoms with Gasteiger partial charge in [0, 0.05) is 62.3 Å². The van der Waals surface area contributed by atoms with E-state index in [9.17, 15) is 57.8 Å². The van der Waals surface area contributed by atoms with Crippen molar-refractivity contribution in [3.8, 4) is 0 Å². The first-order valence-corrected chi connectivity index (χ1v) is 31.4. The molecule has 24 nitrogen and oxygen atoms in total. The molecule has 0 aliphatic carbocycles. The van der Waals surface area contributed by atoms with Crippen LogP contribution in [0.4, 0.5) is 0 Å². The number of ketones is 4. The minimum Gasteiger partial charge on any atom is -0.391 e. The highest BCUT2D eigenvalue weighted by Gasteiger charge is 2.38. The number of carbonyl (C=O) groups excluding carboxylic acids is 11. The molecule has 1 saturated heterocycles. The van der Waals surface area contributed by atoms with E-state index in [2.05, 4.69) is 44.1 Å². The van der Waals surface area contributed by atoms with Crippen LogP contribution in [0.5, 0.6) is 0 Å². The Bertz CT molecular complexity index is 2300. The average molecular weight is 1210 g/mol. The van der Waals surface area contributed by atoms with Crippen molar-refractivity contribution in [2.45, 2.75) is 212 Å². The smallest absolute Gasteiger partial charge is 0.243 e. The standard InChI is InChI=1S/C62H106N12O12/c1-7-8-9-10-11-15-18-46(76)34-42(19-25-63)58(82)74-55(40(6)75)54(79)36-44(21-27-65)56(80)71-49-24-30-68-60(84)50(31-38(2)3)72-57(81)43(20-26-64)35-52(77)47(22-28-66)70-62(86)51(32-39(4)5)73-59(83)45(33-41-16-13-12-14-17-41)37-53(78)48(23-29-67)69-61(49)85/h12-14,16-17,38-40,42-45,47-51,55,75H,7-11,15,18-37,63-67H2,1-6H3,(H,68,84)(H,69,85)(H,70,86)(H,71,80)(H,72,81)(H,73,83)(H,74,82)/t40-,42-,43-,44-,45+,47+,48+,49+,50+,51+,55+/m1/s1. The molecule has 18 N–H and O–H groups in total. The van der Waals surface area contributed by atoms with Crippen LogP contribution in [0.25, 0.3) is 0 Å². The summed E-state index contributed by atoms with van der Waals surface area (Å²) < 4.78 is 0. The third-order valence-electron chi connectivity index (χ3n) is 15.5. The third kappa shape index (κ3) is 28.6. The molecule has 0 bridgehead atoms. The number of nitrogens with one attached hydrogen (secondary N) is 7. The van der Waals surface area contributed by atoms with Gasteiger partial charge in [-0.3, -0.25) is 52.7 Å². The number of aliphatic hydroxyl groups excluding tert-OH is 1. The number of aliphatic hydroxyl groups is 1. The van der Waals surface area contributed by atoms with Gasteiger partial charge in [-0.2, -0.15) is 0 Å². The minimum atomic E-state index is -1.52. The number of Topliss-reactive ketones (excluding diaryl/α,β-unsaturated/α-hetero) is 4. The summed E-state index contributed by atoms with van der Waals surface area (Å²) in [6.07, 6.45) is 3.10. The van der Waals surface area contributed by atoms with E-state index in [1.165, 1.54) is 6.92 Å². The maximum atomic E-state index is 14.7. The van der Waals surface area contributed by atoms with E-state index in [1.54, 1.807) is 30.3 Å². The molecule has 1 aromatic carbocycles. The lowest BCUT2D eigenvalue weighted by Crippen LogP contribution is -2.55. The first-order chi connectivity index (χ1) is 40.9. The number of amides is 7. The molecule has 1 heterocycles. The molecule has 1 aliphatic rings. The summed E-state index contributed by atoms with van der Waals surface area (Å²) in [7, 11) is 0. The Labute approximate surface area is 509 Å². The number of unbranched alkanes of at least 4 members (excludes halogenated alkanes) is 5. The van der Waals surface area contributed by atoms with Crippen molar-refractivity contribution in [2.75, 3.05) is 39.3 Å². The van der Waals surface area contributed by atoms with Crippen LogP contribution in [0.3, 0.4) is 0 Å². The number of rotatable bonds is 33. The molecule has 0 spiro atoms. The Kier molecular flexibility index (Phi) is 37.1. The molecule has 0 aromatic heterocycles. The molecule has 11 atom stereocenters. The minimum absolute atomic E-state index is 0.00133. The molecule has 7 amide bonds. The van der Waals surface area contributed by atoms with Crippen LogP contribution < -0.4 is 65.9 Å². The zero-order valence-electron chi connectivity index (χ0n) is 52.1. The van der Waals surface area contributed by atoms with Gasteiger partial charge in [0.2, 0.25) is 41.4 Å². The maximum absolute atomic E-state index is 14.7. The van der Waals surface area contributed by atoms with E-state index < -0.39 is 138 Å². The van der Waals surface area contributed by atoms with E-state index in [0.29, 0.717) is 12.0 Å². The summed E-state index contributed by atoms with van der Waals surface area (Å²) >= 11 is 0. The molecular weight excluding hydrogens is 1100 g/mol. The first-order valence-electron chi connectivity index (χ1n) is 31.4. The van der Waals surface area contributed by atoms with Crippen molar-refractivity contribution in [1.29, 1.82) is 0 Å². The SMILES string of the molecule is CCCCCCCCC(=O)C[C@@H](CCN)C(=O)N[C@H](C(=O)C[C@@H](CCN)C(=O)N[C@H]1CCNC(=O)[C@H](CC(C)C)NC(=O)[C@H](CCN)CC(=O)[C@H](CCN)NC(=O)[C@H](CC(C)C)NC(=O)[C@@H](Cc2ccccc2)CC(=O)[C@H](CCN)NC1=O)[C@@H](C)O. The predicted octanol–water partition coefficient (Wildman–Crippen LogP) is 0.927. The van der Waals surface area contributed by atoms with Crippen molar-refractivity contribution in [3.05, 3.63) is 35.9 Å². The van der Waals surface area contributed by atoms with Gasteiger partial charge in [-0.25, -0.2) is 0 Å². The Morgan fingerprint density at radius 3 is 1.62 bits per heavy atom. The van der Waals surface area contributed by atoms with Crippen molar-refractivity contribution in [3.63, 3.8) is 0 Å². The van der Waals surface area contributed by atoms with Crippen LogP contribution in [-0.4, -0.2) is 151 Å². The van der Waals surface area contributed by atoms with Gasteiger partial charge < -0.3 is 71.0 Å². The topological polar surface area (TPSA) is 422 Å². The van der Waals surface area contributed by atoms with Crippen LogP contribution in [0.15, 0.2) is 30.3 Å². The van der Waals surface area contributed by atoms with Gasteiger partial charge in [0.05, 0.1) is 18.2 Å². The quantitative estimate of drug-likeness (QED) is 0.0435. The molecule has 0 unspecified atom stereocenters. The molecule has 2 rings (SSSR count). The second kappa shape index (κ2) is 41.9. The van der Waals surface area contributed by atoms with E-state index in [-0.39, 0.29) is 134 Å². The van der Waals surface area contributed by atoms with Crippen molar-refractivity contribution in [2.24, 2.45) is 64.2 Å². The van der Waals surface area contributed by atoms with E-state index in [4.69, 9.17) is 28.7 Å². The Morgan fingerprint density at radius 2 is 1.08 bits per heavy atom. The number of nitrogens with two attached hydrogens (primary N) is 5. The number of carbonyl (C=O) groups is 11. The lowest BCUT2D eigenvalue weighted by atomic mass is 9.89. The molecular formula is C62H106N12O12. The monoisotopic (exact) mass is 1210 g/mol. The highest BCUT2D eigenvalue weighted by molar-refractivity contribution is 5.99. The second-order valence-corrected chi connectivity index (χ2v) is 24.0.